The van der Waals surface area contributed by atoms with Crippen LogP contribution < -0.4 is 5.32 Å². The predicted octanol–water partition coefficient (Wildman–Crippen LogP) is 17.0. The maximum absolute atomic E-state index is 12.6. The van der Waals surface area contributed by atoms with Crippen molar-refractivity contribution in [3.8, 4) is 0 Å². The average Bonchev–Trinajstić information content (AvgIpc) is 3.32. The van der Waals surface area contributed by atoms with Gasteiger partial charge in [0.15, 0.2) is 0 Å². The third-order valence-electron chi connectivity index (χ3n) is 13.6. The summed E-state index contributed by atoms with van der Waals surface area (Å²) < 4.78 is 0. The molecule has 0 aromatic rings. The Morgan fingerprint density at radius 2 is 0.697 bits per heavy atom. The zero-order chi connectivity index (χ0) is 48.1. The minimum atomic E-state index is -1.29. The van der Waals surface area contributed by atoms with Gasteiger partial charge in [0.2, 0.25) is 5.91 Å². The van der Waals surface area contributed by atoms with Gasteiger partial charge in [-0.3, -0.25) is 4.79 Å². The van der Waals surface area contributed by atoms with Crippen molar-refractivity contribution in [2.75, 3.05) is 6.61 Å². The fraction of sp³-hybridized carbons (Fsp3) is 0.850. The minimum absolute atomic E-state index is 0.359. The summed E-state index contributed by atoms with van der Waals surface area (Å²) in [5.74, 6) is -0.599. The molecule has 66 heavy (non-hydrogen) atoms. The molecule has 0 aromatic carbocycles. The molecule has 0 saturated carbocycles. The molecule has 1 amide bonds. The summed E-state index contributed by atoms with van der Waals surface area (Å²) in [6.07, 6.45) is 69.5. The van der Waals surface area contributed by atoms with Crippen LogP contribution in [0.2, 0.25) is 0 Å². The van der Waals surface area contributed by atoms with E-state index in [1.807, 2.05) is 6.92 Å². The molecule has 0 rings (SSSR count). The van der Waals surface area contributed by atoms with Gasteiger partial charge in [-0.1, -0.05) is 261 Å². The fourth-order valence-corrected chi connectivity index (χ4v) is 9.03. The van der Waals surface area contributed by atoms with Crippen LogP contribution in [0, 0.1) is 0 Å². The topological polar surface area (TPSA) is 110 Å². The molecular formula is C60H113NO5. The van der Waals surface area contributed by atoms with E-state index in [-0.39, 0.29) is 0 Å². The molecular weight excluding hydrogens is 815 g/mol. The summed E-state index contributed by atoms with van der Waals surface area (Å²) in [4.78, 5) is 12.6. The highest BCUT2D eigenvalue weighted by Gasteiger charge is 2.28. The first kappa shape index (κ1) is 64.3. The summed E-state index contributed by atoms with van der Waals surface area (Å²) in [5, 5.41) is 43.7. The lowest BCUT2D eigenvalue weighted by Crippen LogP contribution is -2.53. The van der Waals surface area contributed by atoms with Gasteiger partial charge in [0.25, 0.3) is 0 Å². The van der Waals surface area contributed by atoms with Gasteiger partial charge in [-0.15, -0.1) is 0 Å². The van der Waals surface area contributed by atoms with Gasteiger partial charge in [-0.2, -0.15) is 0 Å². The Morgan fingerprint density at radius 1 is 0.394 bits per heavy atom. The van der Waals surface area contributed by atoms with Crippen LogP contribution in [0.15, 0.2) is 48.6 Å². The van der Waals surface area contributed by atoms with Gasteiger partial charge in [0.05, 0.1) is 18.8 Å². The van der Waals surface area contributed by atoms with E-state index in [1.54, 1.807) is 0 Å². The van der Waals surface area contributed by atoms with Crippen molar-refractivity contribution in [3.63, 3.8) is 0 Å². The largest absolute Gasteiger partial charge is 0.394 e. The van der Waals surface area contributed by atoms with Crippen molar-refractivity contribution in [3.05, 3.63) is 48.6 Å². The Balaban J connectivity index is 3.51. The van der Waals surface area contributed by atoms with Crippen molar-refractivity contribution in [2.45, 2.75) is 321 Å². The van der Waals surface area contributed by atoms with E-state index in [2.05, 4.69) is 60.8 Å². The van der Waals surface area contributed by atoms with Gasteiger partial charge in [-0.05, 0) is 84.0 Å². The lowest BCUT2D eigenvalue weighted by Gasteiger charge is -2.27. The summed E-state index contributed by atoms with van der Waals surface area (Å²) in [7, 11) is 0. The quantitative estimate of drug-likeness (QED) is 0.0308. The van der Waals surface area contributed by atoms with Gasteiger partial charge < -0.3 is 25.7 Å². The Morgan fingerprint density at radius 3 is 1.05 bits per heavy atom. The van der Waals surface area contributed by atoms with E-state index in [0.717, 1.165) is 51.4 Å². The second-order valence-electron chi connectivity index (χ2n) is 20.0. The zero-order valence-corrected chi connectivity index (χ0v) is 43.9. The number of aliphatic hydroxyl groups is 4. The normalized spacial score (nSPS) is 14.1. The highest BCUT2D eigenvalue weighted by atomic mass is 16.3. The van der Waals surface area contributed by atoms with E-state index < -0.39 is 36.9 Å². The molecule has 0 bridgehead atoms. The van der Waals surface area contributed by atoms with E-state index in [9.17, 15) is 25.2 Å². The monoisotopic (exact) mass is 928 g/mol. The molecule has 0 aromatic heterocycles. The first-order valence-electron chi connectivity index (χ1n) is 29.0. The summed E-state index contributed by atoms with van der Waals surface area (Å²) >= 11 is 0. The Kier molecular flexibility index (Phi) is 52.8. The van der Waals surface area contributed by atoms with Crippen molar-refractivity contribution in [2.24, 2.45) is 0 Å². The molecule has 0 saturated heterocycles. The van der Waals surface area contributed by atoms with Crippen molar-refractivity contribution < 1.29 is 25.2 Å². The van der Waals surface area contributed by atoms with Crippen molar-refractivity contribution in [1.29, 1.82) is 0 Å². The third kappa shape index (κ3) is 47.3. The number of amides is 1. The highest BCUT2D eigenvalue weighted by molar-refractivity contribution is 5.80. The van der Waals surface area contributed by atoms with E-state index in [0.29, 0.717) is 19.3 Å². The first-order chi connectivity index (χ1) is 32.5. The van der Waals surface area contributed by atoms with Gasteiger partial charge >= 0.3 is 0 Å². The first-order valence-corrected chi connectivity index (χ1v) is 29.0. The summed E-state index contributed by atoms with van der Waals surface area (Å²) in [5.41, 5.74) is 0. The van der Waals surface area contributed by atoms with Gasteiger partial charge in [-0.25, -0.2) is 0 Å². The molecule has 388 valence electrons. The highest BCUT2D eigenvalue weighted by Crippen LogP contribution is 2.18. The third-order valence-corrected chi connectivity index (χ3v) is 13.6. The number of carbonyl (C=O) groups excluding carboxylic acids is 1. The molecule has 0 spiro atoms. The standard InChI is InChI=1S/C60H113NO5/c1-3-5-7-9-11-13-15-17-18-19-20-21-22-23-24-25-26-27-28-29-30-31-32-33-34-35-36-37-38-39-40-41-42-44-46-48-50-52-54-58(64)60(66)61-56(55-62)59(65)57(63)53-51-49-47-45-43-16-14-12-10-8-6-4-2/h4,6,12,14,29-30,45,47,56-59,62-65H,3,5,7-11,13,15-28,31-44,46,48-55H2,1-2H3,(H,61,66)/b6-4+,14-12+,30-29-,47-45+. The van der Waals surface area contributed by atoms with Crippen molar-refractivity contribution >= 4 is 5.91 Å². The number of nitrogens with one attached hydrogen (secondary N) is 1. The Bertz CT molecular complexity index is 1090. The Labute approximate surface area is 410 Å². The molecule has 0 heterocycles. The molecule has 6 nitrogen and oxygen atoms in total. The maximum atomic E-state index is 12.6. The summed E-state index contributed by atoms with van der Waals surface area (Å²) in [6, 6.07) is -1.01. The molecule has 0 aliphatic heterocycles. The minimum Gasteiger partial charge on any atom is -0.394 e. The molecule has 0 fully saturated rings. The molecule has 6 heteroatoms. The molecule has 0 radical (unpaired) electrons. The molecule has 5 N–H and O–H groups in total. The number of allylic oxidation sites excluding steroid dienone is 8. The van der Waals surface area contributed by atoms with Crippen LogP contribution in [-0.4, -0.2) is 57.3 Å². The molecule has 0 aliphatic rings. The van der Waals surface area contributed by atoms with Gasteiger partial charge in [0.1, 0.15) is 12.2 Å². The molecule has 0 aliphatic carbocycles. The van der Waals surface area contributed by atoms with Crippen molar-refractivity contribution in [1.82, 2.24) is 5.32 Å². The van der Waals surface area contributed by atoms with Crippen LogP contribution in [-0.2, 0) is 4.79 Å². The predicted molar refractivity (Wildman–Crippen MR) is 288 cm³/mol. The van der Waals surface area contributed by atoms with E-state index in [4.69, 9.17) is 0 Å². The second kappa shape index (κ2) is 54.2. The van der Waals surface area contributed by atoms with E-state index >= 15 is 0 Å². The van der Waals surface area contributed by atoms with Crippen LogP contribution in [0.3, 0.4) is 0 Å². The fourth-order valence-electron chi connectivity index (χ4n) is 9.03. The van der Waals surface area contributed by atoms with E-state index in [1.165, 1.54) is 212 Å². The smallest absolute Gasteiger partial charge is 0.249 e. The van der Waals surface area contributed by atoms with Crippen LogP contribution in [0.5, 0.6) is 0 Å². The number of rotatable bonds is 53. The number of hydrogen-bond acceptors (Lipinski definition) is 5. The SMILES string of the molecule is C/C=C/CC/C=C/CC/C=C/CCCC(O)C(O)C(CO)NC(=O)C(O)CCCCCCCCCCCCCCCCCC/C=C\CCCCCCCCCCCCCCCCCCCC. The lowest BCUT2D eigenvalue weighted by atomic mass is 10.00. The Hall–Kier alpha value is -1.73. The van der Waals surface area contributed by atoms with Gasteiger partial charge in [0, 0.05) is 0 Å². The maximum Gasteiger partial charge on any atom is 0.249 e. The second-order valence-corrected chi connectivity index (χ2v) is 20.0. The number of carbonyl (C=O) groups is 1. The zero-order valence-electron chi connectivity index (χ0n) is 43.9. The van der Waals surface area contributed by atoms with Crippen LogP contribution in [0.4, 0.5) is 0 Å². The number of aliphatic hydroxyl groups excluding tert-OH is 4. The van der Waals surface area contributed by atoms with Crippen LogP contribution >= 0.6 is 0 Å². The number of hydrogen-bond donors (Lipinski definition) is 5. The molecule has 4 atom stereocenters. The lowest BCUT2D eigenvalue weighted by molar-refractivity contribution is -0.132. The van der Waals surface area contributed by atoms with Crippen LogP contribution in [0.1, 0.15) is 296 Å². The molecule has 4 unspecified atom stereocenters. The average molecular weight is 929 g/mol. The number of unbranched alkanes of at least 4 members (excludes halogenated alkanes) is 37. The summed E-state index contributed by atoms with van der Waals surface area (Å²) in [6.45, 7) is 3.84. The van der Waals surface area contributed by atoms with Crippen LogP contribution in [0.25, 0.3) is 0 Å².